The Kier molecular flexibility index (Phi) is 3.61. The van der Waals surface area contributed by atoms with Gasteiger partial charge >= 0.3 is 0 Å². The lowest BCUT2D eigenvalue weighted by Crippen LogP contribution is -2.04. The van der Waals surface area contributed by atoms with E-state index in [9.17, 15) is 4.39 Å². The highest BCUT2D eigenvalue weighted by atomic mass is 19.1. The second-order valence-electron chi connectivity index (χ2n) is 6.43. The summed E-state index contributed by atoms with van der Waals surface area (Å²) in [6, 6.07) is 6.33. The number of hydrogen-bond acceptors (Lipinski definition) is 5. The van der Waals surface area contributed by atoms with Crippen LogP contribution in [0.2, 0.25) is 0 Å². The van der Waals surface area contributed by atoms with Crippen LogP contribution < -0.4 is 0 Å². The molecule has 7 nitrogen and oxygen atoms in total. The summed E-state index contributed by atoms with van der Waals surface area (Å²) in [4.78, 5) is 4.21. The zero-order valence-corrected chi connectivity index (χ0v) is 14.7. The highest BCUT2D eigenvalue weighted by molar-refractivity contribution is 5.84. The fraction of sp³-hybridized carbons (Fsp3) is 0.105. The van der Waals surface area contributed by atoms with Crippen LogP contribution in [0.5, 0.6) is 0 Å². The summed E-state index contributed by atoms with van der Waals surface area (Å²) in [6.07, 6.45) is 6.53. The zero-order chi connectivity index (χ0) is 19.3. The SMILES string of the molecule is Cn1cc(-c2cnc3cc(F)c(Cc4nnc5cccnn45)c(F)c3c2)cn1. The molecule has 0 spiro atoms. The van der Waals surface area contributed by atoms with Gasteiger partial charge in [-0.15, -0.1) is 10.2 Å². The van der Waals surface area contributed by atoms with E-state index in [1.54, 1.807) is 54.7 Å². The fourth-order valence-corrected chi connectivity index (χ4v) is 3.19. The van der Waals surface area contributed by atoms with Crippen molar-refractivity contribution in [1.82, 2.24) is 34.6 Å². The molecule has 1 aromatic carbocycles. The van der Waals surface area contributed by atoms with Crippen LogP contribution in [0.3, 0.4) is 0 Å². The number of halogens is 2. The molecular formula is C19H13F2N7. The first-order chi connectivity index (χ1) is 13.6. The molecule has 4 heterocycles. The van der Waals surface area contributed by atoms with Gasteiger partial charge in [0.15, 0.2) is 11.5 Å². The number of pyridine rings is 1. The minimum Gasteiger partial charge on any atom is -0.275 e. The molecule has 4 aromatic heterocycles. The first-order valence-electron chi connectivity index (χ1n) is 8.51. The predicted molar refractivity (Wildman–Crippen MR) is 97.4 cm³/mol. The number of aryl methyl sites for hydroxylation is 1. The highest BCUT2D eigenvalue weighted by Gasteiger charge is 2.18. The molecule has 5 rings (SSSR count). The molecule has 0 aliphatic carbocycles. The molecule has 0 saturated carbocycles. The van der Waals surface area contributed by atoms with E-state index < -0.39 is 11.6 Å². The number of hydrogen-bond donors (Lipinski definition) is 0. The van der Waals surface area contributed by atoms with E-state index in [4.69, 9.17) is 0 Å². The summed E-state index contributed by atoms with van der Waals surface area (Å²) >= 11 is 0. The third-order valence-corrected chi connectivity index (χ3v) is 4.59. The predicted octanol–water partition coefficient (Wildman–Crippen LogP) is 2.94. The Morgan fingerprint density at radius 2 is 1.93 bits per heavy atom. The monoisotopic (exact) mass is 377 g/mol. The quantitative estimate of drug-likeness (QED) is 0.483. The van der Waals surface area contributed by atoms with Crippen molar-refractivity contribution in [3.8, 4) is 11.1 Å². The molecule has 0 atom stereocenters. The molecule has 9 heteroatoms. The largest absolute Gasteiger partial charge is 0.275 e. The zero-order valence-electron chi connectivity index (χ0n) is 14.7. The number of rotatable bonds is 3. The van der Waals surface area contributed by atoms with E-state index in [1.165, 1.54) is 10.6 Å². The number of aromatic nitrogens is 7. The molecule has 138 valence electrons. The molecule has 0 aliphatic heterocycles. The van der Waals surface area contributed by atoms with E-state index >= 15 is 4.39 Å². The van der Waals surface area contributed by atoms with Gasteiger partial charge in [-0.25, -0.2) is 8.78 Å². The standard InChI is InChI=1S/C19H13F2N7/c1-27-10-12(9-24-27)11-5-14-16(22-8-11)7-15(20)13(19(14)21)6-18-26-25-17-3-2-4-23-28(17)18/h2-5,7-10H,6H2,1H3. The maximum Gasteiger partial charge on any atom is 0.177 e. The van der Waals surface area contributed by atoms with Crippen LogP contribution in [0.15, 0.2) is 49.1 Å². The molecule has 0 unspecified atom stereocenters. The molecular weight excluding hydrogens is 364 g/mol. The molecule has 0 bridgehead atoms. The summed E-state index contributed by atoms with van der Waals surface area (Å²) in [7, 11) is 1.79. The van der Waals surface area contributed by atoms with Crippen molar-refractivity contribution in [2.45, 2.75) is 6.42 Å². The van der Waals surface area contributed by atoms with Gasteiger partial charge in [0.2, 0.25) is 0 Å². The third-order valence-electron chi connectivity index (χ3n) is 4.59. The molecule has 28 heavy (non-hydrogen) atoms. The van der Waals surface area contributed by atoms with Crippen molar-refractivity contribution in [1.29, 1.82) is 0 Å². The maximum absolute atomic E-state index is 15.2. The maximum atomic E-state index is 15.2. The van der Waals surface area contributed by atoms with Crippen LogP contribution in [0.1, 0.15) is 11.4 Å². The van der Waals surface area contributed by atoms with Crippen LogP contribution in [0.4, 0.5) is 8.78 Å². The molecule has 0 fully saturated rings. The van der Waals surface area contributed by atoms with Gasteiger partial charge in [-0.05, 0) is 18.2 Å². The molecule has 5 aromatic rings. The Balaban J connectivity index is 1.64. The van der Waals surface area contributed by atoms with Gasteiger partial charge in [-0.3, -0.25) is 9.67 Å². The normalized spacial score (nSPS) is 11.5. The molecule has 0 N–H and O–H groups in total. The summed E-state index contributed by atoms with van der Waals surface area (Å²) in [5.41, 5.74) is 2.16. The van der Waals surface area contributed by atoms with Crippen molar-refractivity contribution in [3.05, 3.63) is 72.1 Å². The fourth-order valence-electron chi connectivity index (χ4n) is 3.19. The summed E-state index contributed by atoms with van der Waals surface area (Å²) in [6.45, 7) is 0. The summed E-state index contributed by atoms with van der Waals surface area (Å²) in [5, 5.41) is 16.5. The van der Waals surface area contributed by atoms with Gasteiger partial charge in [-0.2, -0.15) is 14.7 Å². The Bertz CT molecular complexity index is 1340. The van der Waals surface area contributed by atoms with Gasteiger partial charge < -0.3 is 0 Å². The number of nitrogens with zero attached hydrogens (tertiary/aromatic N) is 7. The Morgan fingerprint density at radius 3 is 2.75 bits per heavy atom. The van der Waals surface area contributed by atoms with Crippen molar-refractivity contribution in [2.24, 2.45) is 7.05 Å². The lowest BCUT2D eigenvalue weighted by Gasteiger charge is -2.08. The number of benzene rings is 1. The van der Waals surface area contributed by atoms with E-state index in [0.717, 1.165) is 5.56 Å². The second kappa shape index (κ2) is 6.15. The smallest absolute Gasteiger partial charge is 0.177 e. The minimum atomic E-state index is -0.681. The first-order valence-corrected chi connectivity index (χ1v) is 8.51. The Hall–Kier alpha value is -3.75. The van der Waals surface area contributed by atoms with Crippen molar-refractivity contribution in [2.75, 3.05) is 0 Å². The topological polar surface area (TPSA) is 73.8 Å². The average molecular weight is 377 g/mol. The van der Waals surface area contributed by atoms with Gasteiger partial charge in [0.1, 0.15) is 11.6 Å². The number of fused-ring (bicyclic) bond motifs is 2. The first kappa shape index (κ1) is 16.4. The van der Waals surface area contributed by atoms with Crippen molar-refractivity contribution in [3.63, 3.8) is 0 Å². The van der Waals surface area contributed by atoms with Crippen molar-refractivity contribution < 1.29 is 8.78 Å². The van der Waals surface area contributed by atoms with Crippen LogP contribution >= 0.6 is 0 Å². The molecule has 0 aliphatic rings. The highest BCUT2D eigenvalue weighted by Crippen LogP contribution is 2.28. The Morgan fingerprint density at radius 1 is 1.04 bits per heavy atom. The van der Waals surface area contributed by atoms with Crippen LogP contribution in [0, 0.1) is 11.6 Å². The minimum absolute atomic E-state index is 0.0804. The van der Waals surface area contributed by atoms with E-state index in [0.29, 0.717) is 17.0 Å². The lowest BCUT2D eigenvalue weighted by atomic mass is 10.0. The van der Waals surface area contributed by atoms with Gasteiger partial charge in [0, 0.05) is 60.2 Å². The van der Waals surface area contributed by atoms with E-state index in [2.05, 4.69) is 25.4 Å². The van der Waals surface area contributed by atoms with Crippen LogP contribution in [-0.4, -0.2) is 34.6 Å². The average Bonchev–Trinajstić information content (AvgIpc) is 3.31. The Labute approximate surface area is 157 Å². The molecule has 0 amide bonds. The second-order valence-corrected chi connectivity index (χ2v) is 6.43. The van der Waals surface area contributed by atoms with E-state index in [-0.39, 0.29) is 22.9 Å². The van der Waals surface area contributed by atoms with E-state index in [1.807, 2.05) is 0 Å². The lowest BCUT2D eigenvalue weighted by molar-refractivity contribution is 0.566. The molecule has 0 radical (unpaired) electrons. The van der Waals surface area contributed by atoms with Gasteiger partial charge in [0.25, 0.3) is 0 Å². The molecule has 0 saturated heterocycles. The third kappa shape index (κ3) is 2.59. The summed E-state index contributed by atoms with van der Waals surface area (Å²) in [5.74, 6) is -0.996. The summed E-state index contributed by atoms with van der Waals surface area (Å²) < 4.78 is 33.0. The van der Waals surface area contributed by atoms with Gasteiger partial charge in [0.05, 0.1) is 11.7 Å². The van der Waals surface area contributed by atoms with Gasteiger partial charge in [-0.1, -0.05) is 0 Å². The van der Waals surface area contributed by atoms with Crippen LogP contribution in [-0.2, 0) is 13.5 Å². The van der Waals surface area contributed by atoms with Crippen molar-refractivity contribution >= 4 is 16.6 Å². The van der Waals surface area contributed by atoms with Crippen LogP contribution in [0.25, 0.3) is 27.7 Å².